The lowest BCUT2D eigenvalue weighted by Crippen LogP contribution is -2.58. The van der Waals surface area contributed by atoms with Gasteiger partial charge < -0.3 is 19.8 Å². The fourth-order valence-corrected chi connectivity index (χ4v) is 5.57. The zero-order chi connectivity index (χ0) is 25.8. The van der Waals surface area contributed by atoms with Crippen molar-refractivity contribution >= 4 is 34.6 Å². The molecule has 2 aliphatic rings. The van der Waals surface area contributed by atoms with Crippen LogP contribution in [0.3, 0.4) is 0 Å². The first kappa shape index (κ1) is 24.6. The molecular formula is C28H28N6O2S. The van der Waals surface area contributed by atoms with E-state index in [1.165, 1.54) is 29.9 Å². The largest absolute Gasteiger partial charge is 0.394 e. The third-order valence-electron chi connectivity index (χ3n) is 6.93. The van der Waals surface area contributed by atoms with E-state index in [-0.39, 0.29) is 12.6 Å². The van der Waals surface area contributed by atoms with Gasteiger partial charge in [-0.05, 0) is 54.2 Å². The highest BCUT2D eigenvalue weighted by atomic mass is 32.1. The molecule has 2 N–H and O–H groups in total. The highest BCUT2D eigenvalue weighted by molar-refractivity contribution is 7.10. The fourth-order valence-electron chi connectivity index (χ4n) is 5.01. The van der Waals surface area contributed by atoms with Gasteiger partial charge in [0.1, 0.15) is 11.9 Å². The fraction of sp³-hybridized carbons (Fsp3) is 0.321. The minimum absolute atomic E-state index is 0.195. The summed E-state index contributed by atoms with van der Waals surface area (Å²) < 4.78 is 0. The smallest absolute Gasteiger partial charge is 0.323 e. The lowest BCUT2D eigenvalue weighted by Gasteiger charge is -2.41. The monoisotopic (exact) mass is 512 g/mol. The van der Waals surface area contributed by atoms with Crippen molar-refractivity contribution in [2.75, 3.05) is 54.4 Å². The number of aliphatic hydroxyl groups is 1. The molecule has 0 radical (unpaired) electrons. The number of hydrogen-bond acceptors (Lipinski definition) is 7. The van der Waals surface area contributed by atoms with E-state index in [1.54, 1.807) is 10.3 Å². The number of anilines is 3. The van der Waals surface area contributed by atoms with E-state index in [0.29, 0.717) is 36.0 Å². The first-order chi connectivity index (χ1) is 18.1. The van der Waals surface area contributed by atoms with Gasteiger partial charge in [0, 0.05) is 43.8 Å². The highest BCUT2D eigenvalue weighted by Gasteiger charge is 2.31. The van der Waals surface area contributed by atoms with E-state index in [1.807, 2.05) is 18.2 Å². The maximum Gasteiger partial charge on any atom is 0.323 e. The Kier molecular flexibility index (Phi) is 7.27. The zero-order valence-electron chi connectivity index (χ0n) is 20.4. The van der Waals surface area contributed by atoms with Gasteiger partial charge >= 0.3 is 6.03 Å². The van der Waals surface area contributed by atoms with Crippen molar-refractivity contribution in [1.82, 2.24) is 9.88 Å². The van der Waals surface area contributed by atoms with Crippen LogP contribution in [0.15, 0.2) is 47.8 Å². The van der Waals surface area contributed by atoms with Gasteiger partial charge in [0.05, 0.1) is 23.9 Å². The van der Waals surface area contributed by atoms with Crippen LogP contribution in [-0.2, 0) is 0 Å². The van der Waals surface area contributed by atoms with Crippen molar-refractivity contribution in [2.24, 2.45) is 0 Å². The first-order valence-corrected chi connectivity index (χ1v) is 13.2. The molecular weight excluding hydrogens is 484 g/mol. The molecule has 0 spiro atoms. The van der Waals surface area contributed by atoms with Crippen LogP contribution in [0.25, 0.3) is 11.1 Å². The average molecular weight is 513 g/mol. The number of rotatable bonds is 5. The molecule has 188 valence electrons. The van der Waals surface area contributed by atoms with Crippen molar-refractivity contribution in [3.63, 3.8) is 0 Å². The molecule has 1 aromatic heterocycles. The molecule has 2 amide bonds. The highest BCUT2D eigenvalue weighted by Crippen LogP contribution is 2.31. The summed E-state index contributed by atoms with van der Waals surface area (Å²) in [6, 6.07) is 16.0. The Hall–Kier alpha value is -4.05. The number of piperazine rings is 1. The van der Waals surface area contributed by atoms with Gasteiger partial charge in [-0.1, -0.05) is 18.2 Å². The number of nitriles is 1. The van der Waals surface area contributed by atoms with Gasteiger partial charge in [-0.3, -0.25) is 5.32 Å². The number of aromatic nitrogens is 1. The number of benzene rings is 2. The zero-order valence-corrected chi connectivity index (χ0v) is 21.2. The second kappa shape index (κ2) is 10.9. The molecule has 1 atom stereocenters. The SMILES string of the molecule is C#Cc1nc(NC(=O)N2CCN(c3ccc(-c4cccc(N5CCCC5)c4)cc3C#N)C[C@@H]2CO)cs1. The minimum Gasteiger partial charge on any atom is -0.394 e. The van der Waals surface area contributed by atoms with Crippen molar-refractivity contribution in [3.05, 3.63) is 58.4 Å². The molecule has 9 heteroatoms. The van der Waals surface area contributed by atoms with Gasteiger partial charge in [0.15, 0.2) is 5.01 Å². The second-order valence-electron chi connectivity index (χ2n) is 9.18. The second-order valence-corrected chi connectivity index (χ2v) is 10.0. The average Bonchev–Trinajstić information content (AvgIpc) is 3.65. The van der Waals surface area contributed by atoms with E-state index in [2.05, 4.69) is 56.4 Å². The number of amides is 2. The quantitative estimate of drug-likeness (QED) is 0.502. The molecule has 3 heterocycles. The standard InChI is InChI=1S/C28H28N6O2S/c1-2-27-30-26(19-37-27)31-28(36)34-13-12-33(17-24(34)18-35)25-9-8-21(14-22(25)16-29)20-6-5-7-23(15-20)32-10-3-4-11-32/h1,5-9,14-15,19,24,35H,3-4,10-13,17-18H2,(H,31,36)/t24-/m1/s1. The summed E-state index contributed by atoms with van der Waals surface area (Å²) in [7, 11) is 0. The molecule has 0 saturated carbocycles. The van der Waals surface area contributed by atoms with Gasteiger partial charge in [-0.2, -0.15) is 5.26 Å². The van der Waals surface area contributed by atoms with Crippen LogP contribution < -0.4 is 15.1 Å². The molecule has 0 bridgehead atoms. The lowest BCUT2D eigenvalue weighted by molar-refractivity contribution is 0.132. The maximum atomic E-state index is 12.9. The molecule has 3 aromatic rings. The molecule has 2 aromatic carbocycles. The summed E-state index contributed by atoms with van der Waals surface area (Å²) in [5.74, 6) is 2.85. The number of terminal acetylenes is 1. The van der Waals surface area contributed by atoms with E-state index >= 15 is 0 Å². The number of aliphatic hydroxyl groups excluding tert-OH is 1. The van der Waals surface area contributed by atoms with Gasteiger partial charge in [0.25, 0.3) is 0 Å². The number of urea groups is 1. The van der Waals surface area contributed by atoms with Crippen LogP contribution in [0.2, 0.25) is 0 Å². The Balaban J connectivity index is 1.31. The van der Waals surface area contributed by atoms with Crippen molar-refractivity contribution in [1.29, 1.82) is 5.26 Å². The molecule has 37 heavy (non-hydrogen) atoms. The van der Waals surface area contributed by atoms with Gasteiger partial charge in [0.2, 0.25) is 0 Å². The Morgan fingerprint density at radius 1 is 1.14 bits per heavy atom. The van der Waals surface area contributed by atoms with E-state index in [4.69, 9.17) is 6.42 Å². The van der Waals surface area contributed by atoms with E-state index in [0.717, 1.165) is 29.9 Å². The van der Waals surface area contributed by atoms with E-state index < -0.39 is 6.04 Å². The van der Waals surface area contributed by atoms with Gasteiger partial charge in [-0.25, -0.2) is 9.78 Å². The summed E-state index contributed by atoms with van der Waals surface area (Å²) in [4.78, 5) is 23.1. The van der Waals surface area contributed by atoms with Gasteiger partial charge in [-0.15, -0.1) is 17.8 Å². The van der Waals surface area contributed by atoms with Crippen LogP contribution in [0.5, 0.6) is 0 Å². The topological polar surface area (TPSA) is 95.7 Å². The molecule has 2 fully saturated rings. The van der Waals surface area contributed by atoms with E-state index in [9.17, 15) is 15.2 Å². The van der Waals surface area contributed by atoms with Crippen LogP contribution in [0.1, 0.15) is 23.4 Å². The number of hydrogen-bond donors (Lipinski definition) is 2. The van der Waals surface area contributed by atoms with Crippen LogP contribution in [-0.4, -0.2) is 66.4 Å². The number of nitrogens with zero attached hydrogens (tertiary/aromatic N) is 5. The maximum absolute atomic E-state index is 12.9. The normalized spacial score (nSPS) is 17.4. The molecule has 8 nitrogen and oxygen atoms in total. The number of carbonyl (C=O) groups is 1. The summed E-state index contributed by atoms with van der Waals surface area (Å²) in [6.07, 6.45) is 7.80. The lowest BCUT2D eigenvalue weighted by atomic mass is 10.0. The van der Waals surface area contributed by atoms with Crippen LogP contribution in [0, 0.1) is 23.7 Å². The van der Waals surface area contributed by atoms with Crippen molar-refractivity contribution < 1.29 is 9.90 Å². The van der Waals surface area contributed by atoms with Crippen molar-refractivity contribution in [3.8, 4) is 29.5 Å². The third kappa shape index (κ3) is 5.24. The number of carbonyl (C=O) groups excluding carboxylic acids is 1. The number of thiazole rings is 1. The molecule has 0 unspecified atom stereocenters. The Labute approximate surface area is 220 Å². The summed E-state index contributed by atoms with van der Waals surface area (Å²) >= 11 is 1.28. The molecule has 2 saturated heterocycles. The predicted octanol–water partition coefficient (Wildman–Crippen LogP) is 3.98. The summed E-state index contributed by atoms with van der Waals surface area (Å²) in [5, 5.41) is 25.0. The van der Waals surface area contributed by atoms with Crippen LogP contribution in [0.4, 0.5) is 22.0 Å². The Morgan fingerprint density at radius 2 is 1.95 bits per heavy atom. The Bertz CT molecular complexity index is 1370. The summed E-state index contributed by atoms with van der Waals surface area (Å²) in [5.41, 5.74) is 4.66. The Morgan fingerprint density at radius 3 is 2.68 bits per heavy atom. The molecule has 2 aliphatic heterocycles. The van der Waals surface area contributed by atoms with Crippen molar-refractivity contribution in [2.45, 2.75) is 18.9 Å². The predicted molar refractivity (Wildman–Crippen MR) is 147 cm³/mol. The first-order valence-electron chi connectivity index (χ1n) is 12.3. The summed E-state index contributed by atoms with van der Waals surface area (Å²) in [6.45, 7) is 3.31. The third-order valence-corrected chi connectivity index (χ3v) is 7.70. The molecule has 5 rings (SSSR count). The minimum atomic E-state index is -0.428. The molecule has 0 aliphatic carbocycles. The van der Waals surface area contributed by atoms with Crippen LogP contribution >= 0.6 is 11.3 Å². The number of nitrogens with one attached hydrogen (secondary N) is 1.